The minimum Gasteiger partial charge on any atom is -0.497 e. The van der Waals surface area contributed by atoms with Crippen LogP contribution in [-0.4, -0.2) is 13.7 Å². The predicted molar refractivity (Wildman–Crippen MR) is 91.4 cm³/mol. The van der Waals surface area contributed by atoms with Gasteiger partial charge in [0.25, 0.3) is 0 Å². The highest BCUT2D eigenvalue weighted by Crippen LogP contribution is 2.26. The van der Waals surface area contributed by atoms with E-state index in [9.17, 15) is 0 Å². The first-order chi connectivity index (χ1) is 10.3. The second kappa shape index (κ2) is 8.20. The molecule has 0 fully saturated rings. The fourth-order valence-electron chi connectivity index (χ4n) is 2.41. The highest BCUT2D eigenvalue weighted by molar-refractivity contribution is 7.11. The van der Waals surface area contributed by atoms with Crippen molar-refractivity contribution in [3.8, 4) is 5.75 Å². The van der Waals surface area contributed by atoms with Crippen molar-refractivity contribution in [3.63, 3.8) is 0 Å². The number of hydrogen-bond acceptors (Lipinski definition) is 3. The summed E-state index contributed by atoms with van der Waals surface area (Å²) < 4.78 is 5.36. The third kappa shape index (κ3) is 4.58. The van der Waals surface area contributed by atoms with Crippen LogP contribution in [0.3, 0.4) is 0 Å². The van der Waals surface area contributed by atoms with Gasteiger partial charge in [0.15, 0.2) is 0 Å². The molecule has 1 aromatic carbocycles. The van der Waals surface area contributed by atoms with E-state index in [4.69, 9.17) is 4.74 Å². The van der Waals surface area contributed by atoms with Crippen LogP contribution in [0.5, 0.6) is 5.75 Å². The zero-order chi connectivity index (χ0) is 15.1. The van der Waals surface area contributed by atoms with E-state index in [0.29, 0.717) is 6.04 Å². The van der Waals surface area contributed by atoms with Gasteiger partial charge in [0.2, 0.25) is 0 Å². The van der Waals surface area contributed by atoms with Gasteiger partial charge in [0.05, 0.1) is 7.11 Å². The molecule has 0 radical (unpaired) electrons. The third-order valence-electron chi connectivity index (χ3n) is 3.61. The molecule has 0 saturated carbocycles. The summed E-state index contributed by atoms with van der Waals surface area (Å²) in [5.74, 6) is 0.927. The number of hydrogen-bond donors (Lipinski definition) is 1. The molecule has 1 atom stereocenters. The topological polar surface area (TPSA) is 21.3 Å². The Balaban J connectivity index is 2.16. The largest absolute Gasteiger partial charge is 0.497 e. The number of methoxy groups -OCH3 is 1. The van der Waals surface area contributed by atoms with Crippen molar-refractivity contribution in [2.45, 2.75) is 39.2 Å². The summed E-state index contributed by atoms with van der Waals surface area (Å²) in [5.41, 5.74) is 1.30. The van der Waals surface area contributed by atoms with Crippen molar-refractivity contribution < 1.29 is 4.74 Å². The molecule has 114 valence electrons. The molecule has 1 unspecified atom stereocenters. The Morgan fingerprint density at radius 1 is 1.14 bits per heavy atom. The van der Waals surface area contributed by atoms with Gasteiger partial charge in [0, 0.05) is 22.2 Å². The lowest BCUT2D eigenvalue weighted by Crippen LogP contribution is -2.23. The molecule has 1 aromatic heterocycles. The van der Waals surface area contributed by atoms with E-state index in [0.717, 1.165) is 31.6 Å². The van der Waals surface area contributed by atoms with E-state index in [1.165, 1.54) is 15.3 Å². The number of benzene rings is 1. The molecule has 2 aromatic rings. The summed E-state index contributed by atoms with van der Waals surface area (Å²) >= 11 is 1.93. The molecule has 0 amide bonds. The van der Waals surface area contributed by atoms with Gasteiger partial charge in [-0.25, -0.2) is 0 Å². The van der Waals surface area contributed by atoms with Gasteiger partial charge in [-0.2, -0.15) is 0 Å². The van der Waals surface area contributed by atoms with Crippen molar-refractivity contribution >= 4 is 11.3 Å². The fraction of sp³-hybridized carbons (Fsp3) is 0.444. The minimum atomic E-state index is 0.350. The maximum atomic E-state index is 5.36. The van der Waals surface area contributed by atoms with Gasteiger partial charge >= 0.3 is 0 Å². The lowest BCUT2D eigenvalue weighted by atomic mass is 10.0. The minimum absolute atomic E-state index is 0.350. The van der Waals surface area contributed by atoms with Crippen molar-refractivity contribution in [1.29, 1.82) is 0 Å². The molecule has 0 aliphatic carbocycles. The number of aryl methyl sites for hydroxylation is 1. The van der Waals surface area contributed by atoms with Crippen LogP contribution in [0, 0.1) is 0 Å². The van der Waals surface area contributed by atoms with E-state index in [-0.39, 0.29) is 0 Å². The molecule has 0 bridgehead atoms. The monoisotopic (exact) mass is 303 g/mol. The van der Waals surface area contributed by atoms with E-state index in [1.807, 2.05) is 17.4 Å². The average Bonchev–Trinajstić information content (AvgIpc) is 2.99. The Morgan fingerprint density at radius 3 is 2.62 bits per heavy atom. The van der Waals surface area contributed by atoms with Crippen LogP contribution in [0.15, 0.2) is 36.4 Å². The third-order valence-corrected chi connectivity index (χ3v) is 4.86. The van der Waals surface area contributed by atoms with E-state index in [2.05, 4.69) is 49.5 Å². The molecule has 2 rings (SSSR count). The fourth-order valence-corrected chi connectivity index (χ4v) is 3.41. The molecule has 0 spiro atoms. The number of ether oxygens (including phenoxy) is 1. The highest BCUT2D eigenvalue weighted by Gasteiger charge is 2.13. The summed E-state index contributed by atoms with van der Waals surface area (Å²) in [5, 5.41) is 3.66. The summed E-state index contributed by atoms with van der Waals surface area (Å²) in [7, 11) is 1.72. The molecule has 1 N–H and O–H groups in total. The molecule has 1 heterocycles. The molecule has 0 saturated heterocycles. The van der Waals surface area contributed by atoms with Gasteiger partial charge in [-0.15, -0.1) is 11.3 Å². The summed E-state index contributed by atoms with van der Waals surface area (Å²) in [6.45, 7) is 5.45. The molecule has 0 aliphatic rings. The van der Waals surface area contributed by atoms with Crippen molar-refractivity contribution in [1.82, 2.24) is 5.32 Å². The number of nitrogens with one attached hydrogen (secondary N) is 1. The van der Waals surface area contributed by atoms with Gasteiger partial charge in [-0.1, -0.05) is 26.0 Å². The quantitative estimate of drug-likeness (QED) is 0.769. The lowest BCUT2D eigenvalue weighted by molar-refractivity contribution is 0.413. The summed E-state index contributed by atoms with van der Waals surface area (Å²) in [6.07, 6.45) is 3.31. The Bertz CT molecular complexity index is 550. The lowest BCUT2D eigenvalue weighted by Gasteiger charge is -2.19. The van der Waals surface area contributed by atoms with Crippen LogP contribution in [0.25, 0.3) is 0 Å². The summed E-state index contributed by atoms with van der Waals surface area (Å²) in [6, 6.07) is 13.3. The Kier molecular flexibility index (Phi) is 6.27. The first kappa shape index (κ1) is 16.1. The highest BCUT2D eigenvalue weighted by atomic mass is 32.1. The van der Waals surface area contributed by atoms with Crippen molar-refractivity contribution in [3.05, 3.63) is 51.7 Å². The normalized spacial score (nSPS) is 12.3. The maximum Gasteiger partial charge on any atom is 0.119 e. The van der Waals surface area contributed by atoms with Gasteiger partial charge in [0.1, 0.15) is 5.75 Å². The SMILES string of the molecule is CCCNC(Cc1ccc(CC)s1)c1cccc(OC)c1. The van der Waals surface area contributed by atoms with Gasteiger partial charge < -0.3 is 10.1 Å². The zero-order valence-electron chi connectivity index (χ0n) is 13.2. The first-order valence-corrected chi connectivity index (χ1v) is 8.53. The van der Waals surface area contributed by atoms with Crippen LogP contribution in [0.1, 0.15) is 41.6 Å². The first-order valence-electron chi connectivity index (χ1n) is 7.71. The second-order valence-electron chi connectivity index (χ2n) is 5.21. The Hall–Kier alpha value is -1.32. The maximum absolute atomic E-state index is 5.36. The molecule has 0 aliphatic heterocycles. The molecule has 21 heavy (non-hydrogen) atoms. The van der Waals surface area contributed by atoms with Crippen LogP contribution in [0.4, 0.5) is 0 Å². The standard InChI is InChI=1S/C18H25NOS/c1-4-11-19-18(13-17-10-9-16(5-2)21-17)14-7-6-8-15(12-14)20-3/h6-10,12,18-19H,4-5,11,13H2,1-3H3. The molecule has 3 heteroatoms. The number of rotatable bonds is 8. The second-order valence-corrected chi connectivity index (χ2v) is 6.46. The average molecular weight is 303 g/mol. The molecular formula is C18H25NOS. The van der Waals surface area contributed by atoms with Gasteiger partial charge in [-0.3, -0.25) is 0 Å². The molecule has 2 nitrogen and oxygen atoms in total. The van der Waals surface area contributed by atoms with Crippen LogP contribution >= 0.6 is 11.3 Å². The van der Waals surface area contributed by atoms with Crippen molar-refractivity contribution in [2.24, 2.45) is 0 Å². The van der Waals surface area contributed by atoms with Crippen LogP contribution in [-0.2, 0) is 12.8 Å². The van der Waals surface area contributed by atoms with Crippen molar-refractivity contribution in [2.75, 3.05) is 13.7 Å². The zero-order valence-corrected chi connectivity index (χ0v) is 14.0. The molecular weight excluding hydrogens is 278 g/mol. The Labute approximate surface area is 132 Å². The predicted octanol–water partition coefficient (Wildman–Crippen LogP) is 4.60. The van der Waals surface area contributed by atoms with E-state index in [1.54, 1.807) is 7.11 Å². The summed E-state index contributed by atoms with van der Waals surface area (Å²) in [4.78, 5) is 2.91. The number of thiophene rings is 1. The Morgan fingerprint density at radius 2 is 1.95 bits per heavy atom. The van der Waals surface area contributed by atoms with E-state index >= 15 is 0 Å². The van der Waals surface area contributed by atoms with E-state index < -0.39 is 0 Å². The van der Waals surface area contributed by atoms with Crippen LogP contribution < -0.4 is 10.1 Å². The van der Waals surface area contributed by atoms with Gasteiger partial charge in [-0.05, 0) is 49.2 Å². The smallest absolute Gasteiger partial charge is 0.119 e. The van der Waals surface area contributed by atoms with Crippen LogP contribution in [0.2, 0.25) is 0 Å².